The molecule has 0 aliphatic carbocycles. The predicted molar refractivity (Wildman–Crippen MR) is 107 cm³/mol. The molecule has 3 aromatic rings. The van der Waals surface area contributed by atoms with Crippen molar-refractivity contribution in [2.75, 3.05) is 5.75 Å². The zero-order valence-corrected chi connectivity index (χ0v) is 15.8. The average molecular weight is 400 g/mol. The highest BCUT2D eigenvalue weighted by molar-refractivity contribution is 7.99. The molecule has 0 aliphatic rings. The van der Waals surface area contributed by atoms with Gasteiger partial charge in [-0.2, -0.15) is 4.68 Å². The van der Waals surface area contributed by atoms with Crippen LogP contribution in [0.25, 0.3) is 5.69 Å². The second-order valence-corrected chi connectivity index (χ2v) is 6.69. The van der Waals surface area contributed by atoms with Crippen LogP contribution in [0.4, 0.5) is 0 Å². The average Bonchev–Trinajstić information content (AvgIpc) is 3.19. The quantitative estimate of drug-likeness (QED) is 0.326. The lowest BCUT2D eigenvalue weighted by atomic mass is 10.2. The summed E-state index contributed by atoms with van der Waals surface area (Å²) in [7, 11) is 0. The Labute approximate surface area is 165 Å². The number of benzene rings is 2. The summed E-state index contributed by atoms with van der Waals surface area (Å²) < 4.78 is 1.58. The lowest BCUT2D eigenvalue weighted by molar-refractivity contribution is -0.119. The number of hydrazine groups is 1. The van der Waals surface area contributed by atoms with Crippen LogP contribution in [0.3, 0.4) is 0 Å². The summed E-state index contributed by atoms with van der Waals surface area (Å²) in [6.45, 7) is 0.573. The maximum absolute atomic E-state index is 12.0. The molecule has 3 rings (SSSR count). The SMILES string of the molecule is O=C(CSc1nnnn1-c1ccccc1)NNC(=S)NCc1ccccc1. The third-order valence-corrected chi connectivity index (χ3v) is 4.55. The molecule has 3 N–H and O–H groups in total. The number of nitrogens with zero attached hydrogens (tertiary/aromatic N) is 4. The van der Waals surface area contributed by atoms with Gasteiger partial charge in [0.2, 0.25) is 11.1 Å². The van der Waals surface area contributed by atoms with Crippen LogP contribution in [0, 0.1) is 0 Å². The summed E-state index contributed by atoms with van der Waals surface area (Å²) in [5, 5.41) is 15.5. The van der Waals surface area contributed by atoms with E-state index in [9.17, 15) is 4.79 Å². The van der Waals surface area contributed by atoms with Crippen LogP contribution in [-0.2, 0) is 11.3 Å². The van der Waals surface area contributed by atoms with Gasteiger partial charge >= 0.3 is 0 Å². The Bertz CT molecular complexity index is 887. The molecule has 0 fully saturated rings. The molecule has 0 unspecified atom stereocenters. The van der Waals surface area contributed by atoms with Gasteiger partial charge in [0.05, 0.1) is 11.4 Å². The summed E-state index contributed by atoms with van der Waals surface area (Å²) in [5.41, 5.74) is 7.15. The Hall–Kier alpha value is -2.98. The Balaban J connectivity index is 1.41. The number of thiocarbonyl (C=S) groups is 1. The van der Waals surface area contributed by atoms with Gasteiger partial charge in [0.1, 0.15) is 0 Å². The molecule has 0 aliphatic heterocycles. The first-order valence-electron chi connectivity index (χ1n) is 8.05. The van der Waals surface area contributed by atoms with Gasteiger partial charge in [0, 0.05) is 6.54 Å². The summed E-state index contributed by atoms with van der Waals surface area (Å²) in [6.07, 6.45) is 0. The van der Waals surface area contributed by atoms with Crippen molar-refractivity contribution >= 4 is 35.0 Å². The van der Waals surface area contributed by atoms with Gasteiger partial charge in [-0.1, -0.05) is 60.3 Å². The van der Waals surface area contributed by atoms with Crippen molar-refractivity contribution in [3.63, 3.8) is 0 Å². The number of hydrogen-bond donors (Lipinski definition) is 3. The van der Waals surface area contributed by atoms with E-state index in [4.69, 9.17) is 12.2 Å². The molecule has 1 aromatic heterocycles. The number of carbonyl (C=O) groups is 1. The molecule has 8 nitrogen and oxygen atoms in total. The highest BCUT2D eigenvalue weighted by Crippen LogP contribution is 2.17. The van der Waals surface area contributed by atoms with Gasteiger partial charge in [-0.3, -0.25) is 15.6 Å². The van der Waals surface area contributed by atoms with Crippen LogP contribution >= 0.6 is 24.0 Å². The van der Waals surface area contributed by atoms with E-state index in [2.05, 4.69) is 31.7 Å². The van der Waals surface area contributed by atoms with Crippen LogP contribution < -0.4 is 16.2 Å². The van der Waals surface area contributed by atoms with E-state index in [-0.39, 0.29) is 11.7 Å². The predicted octanol–water partition coefficient (Wildman–Crippen LogP) is 1.45. The molecule has 138 valence electrons. The molecule has 0 bridgehead atoms. The van der Waals surface area contributed by atoms with Crippen LogP contribution in [0.15, 0.2) is 65.8 Å². The summed E-state index contributed by atoms with van der Waals surface area (Å²) in [5.74, 6) is -0.104. The van der Waals surface area contributed by atoms with Crippen molar-refractivity contribution < 1.29 is 4.79 Å². The topological polar surface area (TPSA) is 96.8 Å². The number of hydrogen-bond acceptors (Lipinski definition) is 6. The fourth-order valence-electron chi connectivity index (χ4n) is 2.12. The standard InChI is InChI=1S/C17H17N7OS2/c25-15(19-20-16(26)18-11-13-7-3-1-4-8-13)12-27-17-21-22-23-24(17)14-9-5-2-6-10-14/h1-10H,11-12H2,(H,19,25)(H2,18,20,26). The molecule has 0 atom stereocenters. The van der Waals surface area contributed by atoms with Gasteiger partial charge in [-0.05, 0) is 40.3 Å². The van der Waals surface area contributed by atoms with E-state index in [1.807, 2.05) is 60.7 Å². The Morgan fingerprint density at radius 2 is 1.74 bits per heavy atom. The number of rotatable bonds is 6. The van der Waals surface area contributed by atoms with Gasteiger partial charge in [0.25, 0.3) is 0 Å². The van der Waals surface area contributed by atoms with Crippen molar-refractivity contribution in [3.05, 3.63) is 66.2 Å². The van der Waals surface area contributed by atoms with E-state index in [0.717, 1.165) is 11.3 Å². The van der Waals surface area contributed by atoms with E-state index >= 15 is 0 Å². The number of para-hydroxylation sites is 1. The number of aromatic nitrogens is 4. The van der Waals surface area contributed by atoms with Crippen LogP contribution in [-0.4, -0.2) is 37.0 Å². The molecular weight excluding hydrogens is 382 g/mol. The minimum absolute atomic E-state index is 0.140. The monoisotopic (exact) mass is 399 g/mol. The minimum Gasteiger partial charge on any atom is -0.357 e. The Morgan fingerprint density at radius 3 is 2.48 bits per heavy atom. The smallest absolute Gasteiger partial charge is 0.248 e. The van der Waals surface area contributed by atoms with Gasteiger partial charge < -0.3 is 5.32 Å². The van der Waals surface area contributed by atoms with Crippen LogP contribution in [0.5, 0.6) is 0 Å². The lowest BCUT2D eigenvalue weighted by Gasteiger charge is -2.11. The van der Waals surface area contributed by atoms with E-state index < -0.39 is 0 Å². The first-order valence-corrected chi connectivity index (χ1v) is 9.45. The Morgan fingerprint density at radius 1 is 1.04 bits per heavy atom. The first kappa shape index (κ1) is 18.8. The molecule has 1 amide bonds. The molecule has 10 heteroatoms. The van der Waals surface area contributed by atoms with E-state index in [1.54, 1.807) is 4.68 Å². The molecule has 2 aromatic carbocycles. The van der Waals surface area contributed by atoms with Gasteiger partial charge in [-0.15, -0.1) is 5.10 Å². The largest absolute Gasteiger partial charge is 0.357 e. The Kier molecular flexibility index (Phi) is 6.72. The summed E-state index contributed by atoms with van der Waals surface area (Å²) in [6, 6.07) is 19.3. The van der Waals surface area contributed by atoms with Gasteiger partial charge in [0.15, 0.2) is 5.11 Å². The maximum atomic E-state index is 12.0. The number of carbonyl (C=O) groups excluding carboxylic acids is 1. The number of tetrazole rings is 1. The van der Waals surface area contributed by atoms with E-state index in [1.165, 1.54) is 11.8 Å². The fourth-order valence-corrected chi connectivity index (χ4v) is 2.93. The number of nitrogens with one attached hydrogen (secondary N) is 3. The zero-order chi connectivity index (χ0) is 18.9. The second kappa shape index (κ2) is 9.64. The van der Waals surface area contributed by atoms with Crippen molar-refractivity contribution in [2.45, 2.75) is 11.7 Å². The summed E-state index contributed by atoms with van der Waals surface area (Å²) >= 11 is 6.37. The van der Waals surface area contributed by atoms with Crippen molar-refractivity contribution in [1.82, 2.24) is 36.4 Å². The van der Waals surface area contributed by atoms with Crippen molar-refractivity contribution in [3.8, 4) is 5.69 Å². The van der Waals surface area contributed by atoms with Crippen LogP contribution in [0.1, 0.15) is 5.56 Å². The molecule has 27 heavy (non-hydrogen) atoms. The fraction of sp³-hybridized carbons (Fsp3) is 0.118. The van der Waals surface area contributed by atoms with Gasteiger partial charge in [-0.25, -0.2) is 0 Å². The third-order valence-electron chi connectivity index (χ3n) is 3.39. The molecule has 0 spiro atoms. The van der Waals surface area contributed by atoms with Crippen LogP contribution in [0.2, 0.25) is 0 Å². The zero-order valence-electron chi connectivity index (χ0n) is 14.2. The van der Waals surface area contributed by atoms with Crippen molar-refractivity contribution in [1.29, 1.82) is 0 Å². The number of thioether (sulfide) groups is 1. The highest BCUT2D eigenvalue weighted by Gasteiger charge is 2.11. The first-order chi connectivity index (χ1) is 13.2. The third kappa shape index (κ3) is 5.76. The molecule has 0 saturated carbocycles. The molecule has 1 heterocycles. The minimum atomic E-state index is -0.244. The van der Waals surface area contributed by atoms with E-state index in [0.29, 0.717) is 16.8 Å². The summed E-state index contributed by atoms with van der Waals surface area (Å²) in [4.78, 5) is 12.0. The normalized spacial score (nSPS) is 10.2. The lowest BCUT2D eigenvalue weighted by Crippen LogP contribution is -2.47. The number of amides is 1. The van der Waals surface area contributed by atoms with Crippen molar-refractivity contribution in [2.24, 2.45) is 0 Å². The maximum Gasteiger partial charge on any atom is 0.248 e. The highest BCUT2D eigenvalue weighted by atomic mass is 32.2. The second-order valence-electron chi connectivity index (χ2n) is 5.34. The molecule has 0 radical (unpaired) electrons. The molecular formula is C17H17N7OS2. The molecule has 0 saturated heterocycles.